The second kappa shape index (κ2) is 5.69. The largest absolute Gasteiger partial charge is 0.478 e. The van der Waals surface area contributed by atoms with E-state index in [2.05, 4.69) is 15.6 Å². The van der Waals surface area contributed by atoms with Gasteiger partial charge in [0.15, 0.2) is 0 Å². The van der Waals surface area contributed by atoms with Crippen molar-refractivity contribution in [1.29, 1.82) is 0 Å². The molecule has 0 radical (unpaired) electrons. The van der Waals surface area contributed by atoms with E-state index in [1.165, 1.54) is 12.3 Å². The number of rotatable bonds is 5. The van der Waals surface area contributed by atoms with Crippen LogP contribution in [0.15, 0.2) is 12.3 Å². The first kappa shape index (κ1) is 12.8. The Balaban J connectivity index is 2.60. The van der Waals surface area contributed by atoms with E-state index in [0.717, 1.165) is 0 Å². The van der Waals surface area contributed by atoms with Crippen molar-refractivity contribution in [2.75, 3.05) is 24.6 Å². The predicted molar refractivity (Wildman–Crippen MR) is 62.8 cm³/mol. The molecule has 1 aromatic heterocycles. The number of carboxylic acids is 1. The van der Waals surface area contributed by atoms with E-state index in [1.807, 2.05) is 0 Å². The van der Waals surface area contributed by atoms with Gasteiger partial charge >= 0.3 is 5.97 Å². The number of hydrogen-bond donors (Lipinski definition) is 4. The molecule has 7 heteroatoms. The average Bonchev–Trinajstić information content (AvgIpc) is 2.30. The number of nitrogen functional groups attached to an aromatic ring is 1. The van der Waals surface area contributed by atoms with Gasteiger partial charge in [-0.1, -0.05) is 0 Å². The smallest absolute Gasteiger partial charge is 0.337 e. The van der Waals surface area contributed by atoms with E-state index < -0.39 is 5.97 Å². The Morgan fingerprint density at radius 3 is 2.76 bits per heavy atom. The van der Waals surface area contributed by atoms with Crippen LogP contribution in [0.3, 0.4) is 0 Å². The fourth-order valence-electron chi connectivity index (χ4n) is 1.17. The van der Waals surface area contributed by atoms with Crippen molar-refractivity contribution in [2.24, 2.45) is 0 Å². The second-order valence-corrected chi connectivity index (χ2v) is 3.32. The lowest BCUT2D eigenvalue weighted by atomic mass is 10.2. The zero-order chi connectivity index (χ0) is 12.8. The third-order valence-corrected chi connectivity index (χ3v) is 2.09. The van der Waals surface area contributed by atoms with Crippen molar-refractivity contribution >= 4 is 23.4 Å². The van der Waals surface area contributed by atoms with E-state index in [-0.39, 0.29) is 23.6 Å². The van der Waals surface area contributed by atoms with Gasteiger partial charge in [-0.3, -0.25) is 4.79 Å². The maximum atomic E-state index is 10.9. The summed E-state index contributed by atoms with van der Waals surface area (Å²) in [4.78, 5) is 25.5. The van der Waals surface area contributed by atoms with Crippen molar-refractivity contribution < 1.29 is 14.7 Å². The molecule has 1 rings (SSSR count). The van der Waals surface area contributed by atoms with Crippen LogP contribution in [0.25, 0.3) is 0 Å². The molecule has 0 saturated carbocycles. The molecule has 0 aliphatic carbocycles. The minimum absolute atomic E-state index is 0.0272. The van der Waals surface area contributed by atoms with Crippen LogP contribution in [0.4, 0.5) is 11.5 Å². The van der Waals surface area contributed by atoms with Gasteiger partial charge in [0.25, 0.3) is 0 Å². The van der Waals surface area contributed by atoms with Gasteiger partial charge in [0.1, 0.15) is 5.82 Å². The average molecular weight is 238 g/mol. The van der Waals surface area contributed by atoms with E-state index >= 15 is 0 Å². The lowest BCUT2D eigenvalue weighted by molar-refractivity contribution is -0.120. The molecule has 0 atom stereocenters. The van der Waals surface area contributed by atoms with Gasteiger partial charge in [0, 0.05) is 26.2 Å². The number of aromatic nitrogens is 1. The molecule has 0 spiro atoms. The normalized spacial score (nSPS) is 9.71. The lowest BCUT2D eigenvalue weighted by Crippen LogP contribution is -2.21. The molecule has 0 aliphatic heterocycles. The molecule has 0 fully saturated rings. The maximum Gasteiger partial charge on any atom is 0.337 e. The first-order chi connectivity index (χ1) is 8.04. The third kappa shape index (κ3) is 3.63. The minimum Gasteiger partial charge on any atom is -0.478 e. The predicted octanol–water partition coefficient (Wildman–Crippen LogP) is -0.0900. The van der Waals surface area contributed by atoms with Crippen molar-refractivity contribution in [2.45, 2.75) is 6.42 Å². The van der Waals surface area contributed by atoms with Crippen LogP contribution in [0.5, 0.6) is 0 Å². The summed E-state index contributed by atoms with van der Waals surface area (Å²) in [5.74, 6) is -0.807. The van der Waals surface area contributed by atoms with Gasteiger partial charge in [0.2, 0.25) is 5.91 Å². The van der Waals surface area contributed by atoms with Gasteiger partial charge in [-0.05, 0) is 6.07 Å². The number of nitrogens with two attached hydrogens (primary N) is 1. The Bertz CT molecular complexity index is 434. The molecule has 1 heterocycles. The number of carbonyl (C=O) groups excluding carboxylic acids is 1. The van der Waals surface area contributed by atoms with Crippen molar-refractivity contribution in [3.63, 3.8) is 0 Å². The molecular weight excluding hydrogens is 224 g/mol. The first-order valence-corrected chi connectivity index (χ1v) is 4.98. The molecule has 0 saturated heterocycles. The molecule has 0 unspecified atom stereocenters. The lowest BCUT2D eigenvalue weighted by Gasteiger charge is -2.08. The molecule has 92 valence electrons. The Morgan fingerprint density at radius 2 is 2.24 bits per heavy atom. The number of carbonyl (C=O) groups is 2. The molecule has 0 bridgehead atoms. The highest BCUT2D eigenvalue weighted by Crippen LogP contribution is 2.16. The molecule has 0 aromatic carbocycles. The number of amides is 1. The van der Waals surface area contributed by atoms with Gasteiger partial charge in [0.05, 0.1) is 11.3 Å². The number of carboxylic acid groups (broad SMARTS) is 1. The summed E-state index contributed by atoms with van der Waals surface area (Å²) in [6.45, 7) is 0.378. The summed E-state index contributed by atoms with van der Waals surface area (Å²) in [5.41, 5.74) is 5.88. The van der Waals surface area contributed by atoms with E-state index in [0.29, 0.717) is 12.4 Å². The maximum absolute atomic E-state index is 10.9. The Hall–Kier alpha value is -2.31. The van der Waals surface area contributed by atoms with Crippen molar-refractivity contribution in [1.82, 2.24) is 10.3 Å². The number of anilines is 2. The highest BCUT2D eigenvalue weighted by Gasteiger charge is 2.07. The minimum atomic E-state index is -1.08. The molecule has 17 heavy (non-hydrogen) atoms. The third-order valence-electron chi connectivity index (χ3n) is 2.09. The van der Waals surface area contributed by atoms with E-state index in [9.17, 15) is 9.59 Å². The van der Waals surface area contributed by atoms with Gasteiger partial charge in [-0.2, -0.15) is 0 Å². The fraction of sp³-hybridized carbons (Fsp3) is 0.300. The van der Waals surface area contributed by atoms with Crippen LogP contribution in [-0.2, 0) is 4.79 Å². The Labute approximate surface area is 98.0 Å². The summed E-state index contributed by atoms with van der Waals surface area (Å²) in [6.07, 6.45) is 1.50. The van der Waals surface area contributed by atoms with Crippen LogP contribution in [-0.4, -0.2) is 35.6 Å². The summed E-state index contributed by atoms with van der Waals surface area (Å²) in [5, 5.41) is 14.0. The molecule has 1 amide bonds. The van der Waals surface area contributed by atoms with Crippen molar-refractivity contribution in [3.05, 3.63) is 17.8 Å². The van der Waals surface area contributed by atoms with Crippen molar-refractivity contribution in [3.8, 4) is 0 Å². The zero-order valence-electron chi connectivity index (χ0n) is 9.36. The van der Waals surface area contributed by atoms with E-state index in [4.69, 9.17) is 10.8 Å². The fourth-order valence-corrected chi connectivity index (χ4v) is 1.17. The van der Waals surface area contributed by atoms with Crippen LogP contribution in [0, 0.1) is 0 Å². The monoisotopic (exact) mass is 238 g/mol. The summed E-state index contributed by atoms with van der Waals surface area (Å²) >= 11 is 0. The highest BCUT2D eigenvalue weighted by atomic mass is 16.4. The van der Waals surface area contributed by atoms with Crippen LogP contribution in [0.2, 0.25) is 0 Å². The molecule has 1 aromatic rings. The van der Waals surface area contributed by atoms with Crippen LogP contribution >= 0.6 is 0 Å². The molecule has 7 nitrogen and oxygen atoms in total. The second-order valence-electron chi connectivity index (χ2n) is 3.32. The number of nitrogens with zero attached hydrogens (tertiary/aromatic N) is 1. The summed E-state index contributed by atoms with van der Waals surface area (Å²) in [7, 11) is 1.55. The van der Waals surface area contributed by atoms with Crippen LogP contribution in [0.1, 0.15) is 16.8 Å². The highest BCUT2D eigenvalue weighted by molar-refractivity contribution is 5.89. The topological polar surface area (TPSA) is 117 Å². The van der Waals surface area contributed by atoms with Crippen LogP contribution < -0.4 is 16.4 Å². The standard InChI is InChI=1S/C10H14N4O3/c1-12-8(15)2-3-13-9-7(11)4-6(5-14-9)10(16)17/h4-5H,2-3,11H2,1H3,(H,12,15)(H,13,14)(H,16,17). The number of hydrogen-bond acceptors (Lipinski definition) is 5. The summed E-state index contributed by atoms with van der Waals surface area (Å²) in [6, 6.07) is 1.32. The molecular formula is C10H14N4O3. The van der Waals surface area contributed by atoms with E-state index in [1.54, 1.807) is 7.05 Å². The first-order valence-electron chi connectivity index (χ1n) is 4.98. The van der Waals surface area contributed by atoms with Gasteiger partial charge in [-0.15, -0.1) is 0 Å². The number of pyridine rings is 1. The van der Waals surface area contributed by atoms with Gasteiger partial charge in [-0.25, -0.2) is 9.78 Å². The van der Waals surface area contributed by atoms with Gasteiger partial charge < -0.3 is 21.5 Å². The SMILES string of the molecule is CNC(=O)CCNc1ncc(C(=O)O)cc1N. The Morgan fingerprint density at radius 1 is 1.53 bits per heavy atom. The quantitative estimate of drug-likeness (QED) is 0.569. The number of aromatic carboxylic acids is 1. The molecule has 5 N–H and O–H groups in total. The Kier molecular flexibility index (Phi) is 4.27. The number of nitrogens with one attached hydrogen (secondary N) is 2. The summed E-state index contributed by atoms with van der Waals surface area (Å²) < 4.78 is 0. The zero-order valence-corrected chi connectivity index (χ0v) is 9.36. The molecule has 0 aliphatic rings.